The van der Waals surface area contributed by atoms with Crippen LogP contribution in [0.5, 0.6) is 0 Å². The van der Waals surface area contributed by atoms with Crippen LogP contribution in [0.15, 0.2) is 24.3 Å². The van der Waals surface area contributed by atoms with Gasteiger partial charge in [-0.3, -0.25) is 4.79 Å². The lowest BCUT2D eigenvalue weighted by Gasteiger charge is -2.22. The van der Waals surface area contributed by atoms with Gasteiger partial charge >= 0.3 is 5.97 Å². The first-order valence-electron chi connectivity index (χ1n) is 7.44. The minimum Gasteiger partial charge on any atom is -0.452 e. The molecule has 0 bridgehead atoms. The van der Waals surface area contributed by atoms with E-state index in [1.807, 2.05) is 0 Å². The molecule has 6 nitrogen and oxygen atoms in total. The van der Waals surface area contributed by atoms with Crippen molar-refractivity contribution in [3.8, 4) is 0 Å². The van der Waals surface area contributed by atoms with Gasteiger partial charge in [-0.05, 0) is 30.2 Å². The van der Waals surface area contributed by atoms with Crippen molar-refractivity contribution >= 4 is 51.0 Å². The first-order valence-corrected chi connectivity index (χ1v) is 10.0. The van der Waals surface area contributed by atoms with Crippen molar-refractivity contribution in [2.24, 2.45) is 0 Å². The number of sulfone groups is 1. The van der Waals surface area contributed by atoms with Crippen molar-refractivity contribution in [3.05, 3.63) is 39.9 Å². The predicted octanol–water partition coefficient (Wildman–Crippen LogP) is 2.20. The highest BCUT2D eigenvalue weighted by atomic mass is 35.5. The Morgan fingerprint density at radius 2 is 2.08 bits per heavy atom. The normalized spacial score (nSPS) is 19.1. The van der Waals surface area contributed by atoms with Gasteiger partial charge in [0.15, 0.2) is 16.4 Å². The number of benzene rings is 1. The summed E-state index contributed by atoms with van der Waals surface area (Å²) in [5, 5.41) is 0.863. The molecule has 0 spiro atoms. The standard InChI is InChI=1S/C16H17Cl2NO5S/c1-19(13-6-7-25(22,23)10-13)15(20)9-24-16(21)5-3-11-2-4-12(17)8-14(11)18/h2-5,8,13H,6-7,9-10H2,1H3/b5-3+/t13-/m1/s1. The first-order chi connectivity index (χ1) is 11.7. The van der Waals surface area contributed by atoms with E-state index in [9.17, 15) is 18.0 Å². The lowest BCUT2D eigenvalue weighted by molar-refractivity contribution is -0.148. The third kappa shape index (κ3) is 5.73. The fourth-order valence-electron chi connectivity index (χ4n) is 2.36. The lowest BCUT2D eigenvalue weighted by Crippen LogP contribution is -2.40. The molecule has 0 radical (unpaired) electrons. The number of esters is 1. The molecule has 1 saturated heterocycles. The molecule has 0 aromatic heterocycles. The maximum atomic E-state index is 12.0. The highest BCUT2D eigenvalue weighted by Gasteiger charge is 2.32. The summed E-state index contributed by atoms with van der Waals surface area (Å²) >= 11 is 11.8. The van der Waals surface area contributed by atoms with Crippen molar-refractivity contribution < 1.29 is 22.7 Å². The summed E-state index contributed by atoms with van der Waals surface area (Å²) in [7, 11) is -1.58. The van der Waals surface area contributed by atoms with Gasteiger partial charge in [0.25, 0.3) is 5.91 Å². The van der Waals surface area contributed by atoms with Crippen LogP contribution >= 0.6 is 23.2 Å². The van der Waals surface area contributed by atoms with Gasteiger partial charge in [-0.15, -0.1) is 0 Å². The average molecular weight is 406 g/mol. The van der Waals surface area contributed by atoms with Crippen molar-refractivity contribution in [1.82, 2.24) is 4.90 Å². The third-order valence-electron chi connectivity index (χ3n) is 3.85. The van der Waals surface area contributed by atoms with Crippen LogP contribution in [0.4, 0.5) is 0 Å². The molecule has 1 aliphatic heterocycles. The van der Waals surface area contributed by atoms with Crippen LogP contribution in [0.3, 0.4) is 0 Å². The Labute approximate surface area is 156 Å². The number of halogens is 2. The number of carbonyl (C=O) groups is 2. The first kappa shape index (κ1) is 19.8. The molecule has 0 saturated carbocycles. The van der Waals surface area contributed by atoms with E-state index in [0.29, 0.717) is 22.0 Å². The molecular weight excluding hydrogens is 389 g/mol. The van der Waals surface area contributed by atoms with Crippen molar-refractivity contribution in [2.45, 2.75) is 12.5 Å². The van der Waals surface area contributed by atoms with E-state index in [-0.39, 0.29) is 17.5 Å². The number of amides is 1. The molecule has 25 heavy (non-hydrogen) atoms. The maximum Gasteiger partial charge on any atom is 0.331 e. The molecule has 136 valence electrons. The monoisotopic (exact) mass is 405 g/mol. The fourth-order valence-corrected chi connectivity index (χ4v) is 4.61. The Morgan fingerprint density at radius 3 is 2.68 bits per heavy atom. The summed E-state index contributed by atoms with van der Waals surface area (Å²) in [4.78, 5) is 25.0. The molecule has 1 fully saturated rings. The minimum atomic E-state index is -3.09. The number of ether oxygens (including phenoxy) is 1. The highest BCUT2D eigenvalue weighted by molar-refractivity contribution is 7.91. The number of hydrogen-bond donors (Lipinski definition) is 0. The van der Waals surface area contributed by atoms with Gasteiger partial charge < -0.3 is 9.64 Å². The van der Waals surface area contributed by atoms with E-state index in [0.717, 1.165) is 6.08 Å². The van der Waals surface area contributed by atoms with Gasteiger partial charge in [0, 0.05) is 29.2 Å². The van der Waals surface area contributed by atoms with Crippen LogP contribution < -0.4 is 0 Å². The zero-order chi connectivity index (χ0) is 18.6. The number of nitrogens with zero attached hydrogens (tertiary/aromatic N) is 1. The number of carbonyl (C=O) groups excluding carboxylic acids is 2. The van der Waals surface area contributed by atoms with E-state index in [1.165, 1.54) is 18.0 Å². The smallest absolute Gasteiger partial charge is 0.331 e. The van der Waals surface area contributed by atoms with E-state index >= 15 is 0 Å². The molecule has 9 heteroatoms. The van der Waals surface area contributed by atoms with Crippen LogP contribution in [0.2, 0.25) is 10.0 Å². The SMILES string of the molecule is CN(C(=O)COC(=O)/C=C/c1ccc(Cl)cc1Cl)[C@@H]1CCS(=O)(=O)C1. The topological polar surface area (TPSA) is 80.8 Å². The van der Waals surface area contributed by atoms with E-state index in [2.05, 4.69) is 0 Å². The summed E-state index contributed by atoms with van der Waals surface area (Å²) in [5.74, 6) is -1.14. The van der Waals surface area contributed by atoms with Crippen LogP contribution in [0.1, 0.15) is 12.0 Å². The molecular formula is C16H17Cl2NO5S. The van der Waals surface area contributed by atoms with Gasteiger partial charge in [-0.1, -0.05) is 29.3 Å². The van der Waals surface area contributed by atoms with Crippen LogP contribution in [0.25, 0.3) is 6.08 Å². The number of hydrogen-bond acceptors (Lipinski definition) is 5. The largest absolute Gasteiger partial charge is 0.452 e. The summed E-state index contributed by atoms with van der Waals surface area (Å²) in [6.45, 7) is -0.454. The third-order valence-corrected chi connectivity index (χ3v) is 6.16. The maximum absolute atomic E-state index is 12.0. The second-order valence-corrected chi connectivity index (χ2v) is 8.74. The summed E-state index contributed by atoms with van der Waals surface area (Å²) in [5.41, 5.74) is 0.586. The van der Waals surface area contributed by atoms with E-state index in [1.54, 1.807) is 18.2 Å². The van der Waals surface area contributed by atoms with Crippen LogP contribution in [0, 0.1) is 0 Å². The molecule has 1 aromatic rings. The molecule has 0 N–H and O–H groups in total. The second kappa shape index (κ2) is 8.21. The van der Waals surface area contributed by atoms with E-state index in [4.69, 9.17) is 27.9 Å². The second-order valence-electron chi connectivity index (χ2n) is 5.67. The molecule has 2 rings (SSSR count). The molecule has 1 amide bonds. The lowest BCUT2D eigenvalue weighted by atomic mass is 10.2. The fraction of sp³-hybridized carbons (Fsp3) is 0.375. The average Bonchev–Trinajstić information content (AvgIpc) is 2.91. The molecule has 1 aliphatic rings. The van der Waals surface area contributed by atoms with Crippen molar-refractivity contribution in [2.75, 3.05) is 25.2 Å². The summed E-state index contributed by atoms with van der Waals surface area (Å²) in [6.07, 6.45) is 3.01. The zero-order valence-corrected chi connectivity index (χ0v) is 15.8. The quantitative estimate of drug-likeness (QED) is 0.553. The summed E-state index contributed by atoms with van der Waals surface area (Å²) < 4.78 is 27.8. The van der Waals surface area contributed by atoms with Gasteiger partial charge in [0.1, 0.15) is 0 Å². The Morgan fingerprint density at radius 1 is 1.36 bits per heavy atom. The Hall–Kier alpha value is -1.57. The Bertz CT molecular complexity index is 807. The zero-order valence-electron chi connectivity index (χ0n) is 13.4. The predicted molar refractivity (Wildman–Crippen MR) is 96.3 cm³/mol. The minimum absolute atomic E-state index is 0.0574. The van der Waals surface area contributed by atoms with Crippen LogP contribution in [-0.4, -0.2) is 56.4 Å². The summed E-state index contributed by atoms with van der Waals surface area (Å²) in [6, 6.07) is 4.45. The van der Waals surface area contributed by atoms with Gasteiger partial charge in [0.2, 0.25) is 0 Å². The molecule has 0 unspecified atom stereocenters. The Balaban J connectivity index is 1.85. The molecule has 1 atom stereocenters. The van der Waals surface area contributed by atoms with Gasteiger partial charge in [0.05, 0.1) is 11.5 Å². The number of likely N-dealkylation sites (N-methyl/N-ethyl adjacent to an activating group) is 1. The van der Waals surface area contributed by atoms with Gasteiger partial charge in [-0.25, -0.2) is 13.2 Å². The van der Waals surface area contributed by atoms with Crippen LogP contribution in [-0.2, 0) is 24.2 Å². The van der Waals surface area contributed by atoms with Gasteiger partial charge in [-0.2, -0.15) is 0 Å². The molecule has 1 heterocycles. The van der Waals surface area contributed by atoms with Crippen molar-refractivity contribution in [3.63, 3.8) is 0 Å². The van der Waals surface area contributed by atoms with Crippen molar-refractivity contribution in [1.29, 1.82) is 0 Å². The molecule has 0 aliphatic carbocycles. The van der Waals surface area contributed by atoms with E-state index < -0.39 is 28.3 Å². The molecule has 1 aromatic carbocycles. The Kier molecular flexibility index (Phi) is 6.48. The number of rotatable bonds is 5. The highest BCUT2D eigenvalue weighted by Crippen LogP contribution is 2.22.